The van der Waals surface area contributed by atoms with E-state index in [2.05, 4.69) is 102 Å². The molecule has 0 aliphatic carbocycles. The molecule has 396 valence electrons. The molecule has 0 saturated carbocycles. The van der Waals surface area contributed by atoms with Gasteiger partial charge in [-0.05, 0) is 44.9 Å². The summed E-state index contributed by atoms with van der Waals surface area (Å²) in [5.41, 5.74) is 4.27. The van der Waals surface area contributed by atoms with Gasteiger partial charge >= 0.3 is 23.5 Å². The van der Waals surface area contributed by atoms with Crippen LogP contribution < -0.4 is 16.4 Å². The van der Waals surface area contributed by atoms with E-state index in [0.717, 1.165) is 67.5 Å². The number of aromatic nitrogens is 4. The highest BCUT2D eigenvalue weighted by Gasteiger charge is 2.50. The molecule has 7 unspecified atom stereocenters. The van der Waals surface area contributed by atoms with Crippen molar-refractivity contribution in [3.05, 3.63) is 85.6 Å². The number of aliphatic hydroxyl groups is 2. The number of aliphatic hydroxyl groups excluding tert-OH is 2. The number of fused-ring (bicyclic) bond motifs is 1. The van der Waals surface area contributed by atoms with Gasteiger partial charge in [0.15, 0.2) is 22.8 Å². The van der Waals surface area contributed by atoms with Gasteiger partial charge in [-0.15, -0.1) is 0 Å². The predicted octanol–water partition coefficient (Wildman–Crippen LogP) is 5.14. The lowest BCUT2D eigenvalue weighted by molar-refractivity contribution is -0.137. The van der Waals surface area contributed by atoms with Crippen LogP contribution in [0.3, 0.4) is 0 Å². The summed E-state index contributed by atoms with van der Waals surface area (Å²) in [5.74, 6) is -1.11. The van der Waals surface area contributed by atoms with E-state index < -0.39 is 84.6 Å². The van der Waals surface area contributed by atoms with Gasteiger partial charge in [0.05, 0.1) is 19.5 Å². The molecule has 0 spiro atoms. The van der Waals surface area contributed by atoms with Gasteiger partial charge in [-0.25, -0.2) is 28.6 Å². The number of hydrogen-bond donors (Lipinski definition) is 9. The molecule has 1 saturated heterocycles. The standard InChI is InChI=1S/C43H66N7O17P3S/c1-4-5-6-7-8-9-10-11-12-13-14-15-16-17-18-19-20-21-22-23-34(52)71-27-26-45-33(51)24-25-46-41(55)38(54)43(2,3)29-64-70(61,62)67-69(59,60)63-28-32-37(66-68(56,57)58)36(53)42(65-32)50-31-49-35-39(44)47-30-48-40(35)50/h5-6,8-9,11-12,14-15,17-18,20-21,30-32,36-38,42,53-54H,4,7,10,13,16,19,22-29H2,1-3H3,(H,45,51)(H,46,55)(H,59,60)(H,61,62)(H2,44,47,48)(H2,56,57,58)/b6-5-,9-8+,12-11+,15-14+,18-17+,21-20+. The minimum absolute atomic E-state index is 0.0179. The quantitative estimate of drug-likeness (QED) is 0.0254. The Morgan fingerprint density at radius 1 is 0.845 bits per heavy atom. The number of amides is 2. The number of carbonyl (C=O) groups excluding carboxylic acids is 3. The van der Waals surface area contributed by atoms with Crippen LogP contribution in [0.1, 0.15) is 84.8 Å². The minimum atomic E-state index is -5.58. The third kappa shape index (κ3) is 23.6. The number of nitrogens with one attached hydrogen (secondary N) is 2. The second kappa shape index (κ2) is 30.9. The van der Waals surface area contributed by atoms with Crippen molar-refractivity contribution in [3.8, 4) is 0 Å². The fourth-order valence-corrected chi connectivity index (χ4v) is 9.73. The molecule has 71 heavy (non-hydrogen) atoms. The van der Waals surface area contributed by atoms with Crippen LogP contribution >= 0.6 is 35.2 Å². The van der Waals surface area contributed by atoms with Crippen molar-refractivity contribution in [3.63, 3.8) is 0 Å². The molecule has 1 aliphatic heterocycles. The van der Waals surface area contributed by atoms with E-state index >= 15 is 0 Å². The zero-order valence-corrected chi connectivity index (χ0v) is 43.2. The number of phosphoric ester groups is 3. The molecular formula is C43H66N7O17P3S. The number of imidazole rings is 1. The smallest absolute Gasteiger partial charge is 0.386 e. The maximum Gasteiger partial charge on any atom is 0.481 e. The Labute approximate surface area is 416 Å². The molecule has 2 amide bonds. The summed E-state index contributed by atoms with van der Waals surface area (Å²) in [4.78, 5) is 88.4. The molecule has 2 aromatic rings. The highest BCUT2D eigenvalue weighted by Crippen LogP contribution is 2.61. The Balaban J connectivity index is 1.29. The molecule has 1 fully saturated rings. The van der Waals surface area contributed by atoms with E-state index in [-0.39, 0.29) is 41.6 Å². The van der Waals surface area contributed by atoms with Gasteiger partial charge in [0.1, 0.15) is 36.3 Å². The Hall–Kier alpha value is -4.00. The lowest BCUT2D eigenvalue weighted by Crippen LogP contribution is -2.46. The summed E-state index contributed by atoms with van der Waals surface area (Å²) in [5, 5.41) is 26.6. The van der Waals surface area contributed by atoms with Crippen LogP contribution in [-0.4, -0.2) is 123 Å². The van der Waals surface area contributed by atoms with E-state index in [4.69, 9.17) is 19.5 Å². The van der Waals surface area contributed by atoms with E-state index in [9.17, 15) is 57.9 Å². The number of anilines is 1. The molecule has 7 atom stereocenters. The van der Waals surface area contributed by atoms with Gasteiger partial charge in [0.25, 0.3) is 0 Å². The molecule has 3 heterocycles. The van der Waals surface area contributed by atoms with Gasteiger partial charge < -0.3 is 50.9 Å². The van der Waals surface area contributed by atoms with Crippen molar-refractivity contribution < 1.29 is 80.5 Å². The molecule has 28 heteroatoms. The number of ether oxygens (including phenoxy) is 1. The Kier molecular flexibility index (Phi) is 26.7. The molecule has 1 aliphatic rings. The predicted molar refractivity (Wildman–Crippen MR) is 265 cm³/mol. The maximum atomic E-state index is 12.7. The van der Waals surface area contributed by atoms with Crippen molar-refractivity contribution in [2.75, 3.05) is 37.8 Å². The number of nitrogens with two attached hydrogens (primary N) is 1. The first-order chi connectivity index (χ1) is 33.6. The van der Waals surface area contributed by atoms with Gasteiger partial charge in [0, 0.05) is 37.1 Å². The van der Waals surface area contributed by atoms with E-state index in [1.54, 1.807) is 0 Å². The summed E-state index contributed by atoms with van der Waals surface area (Å²) in [6, 6.07) is 0. The van der Waals surface area contributed by atoms with Crippen molar-refractivity contribution in [1.82, 2.24) is 30.2 Å². The average molecular weight is 1080 g/mol. The monoisotopic (exact) mass is 1080 g/mol. The first kappa shape index (κ1) is 61.3. The topological polar surface area (TPSA) is 364 Å². The number of phosphoric acid groups is 3. The molecule has 24 nitrogen and oxygen atoms in total. The van der Waals surface area contributed by atoms with Crippen molar-refractivity contribution in [2.45, 2.75) is 109 Å². The number of thioether (sulfide) groups is 1. The normalized spacial score (nSPS) is 20.3. The first-order valence-corrected chi connectivity index (χ1v) is 28.0. The third-order valence-electron chi connectivity index (χ3n) is 9.88. The van der Waals surface area contributed by atoms with Gasteiger partial charge in [0.2, 0.25) is 11.8 Å². The summed E-state index contributed by atoms with van der Waals surface area (Å²) in [7, 11) is -16.4. The fourth-order valence-electron chi connectivity index (χ4n) is 6.21. The van der Waals surface area contributed by atoms with Crippen molar-refractivity contribution in [1.29, 1.82) is 0 Å². The van der Waals surface area contributed by atoms with E-state index in [1.807, 2.05) is 12.2 Å². The summed E-state index contributed by atoms with van der Waals surface area (Å²) >= 11 is 1.09. The zero-order valence-electron chi connectivity index (χ0n) is 39.7. The number of rotatable bonds is 33. The van der Waals surface area contributed by atoms with Crippen LogP contribution in [0.4, 0.5) is 5.82 Å². The highest BCUT2D eigenvalue weighted by molar-refractivity contribution is 8.13. The van der Waals surface area contributed by atoms with Crippen LogP contribution in [0.25, 0.3) is 11.2 Å². The van der Waals surface area contributed by atoms with Crippen LogP contribution in [0.15, 0.2) is 85.6 Å². The molecule has 10 N–H and O–H groups in total. The summed E-state index contributed by atoms with van der Waals surface area (Å²) in [6.45, 7) is 2.61. The second-order valence-electron chi connectivity index (χ2n) is 16.2. The lowest BCUT2D eigenvalue weighted by atomic mass is 9.87. The minimum Gasteiger partial charge on any atom is -0.386 e. The number of hydrogen-bond acceptors (Lipinski definition) is 18. The van der Waals surface area contributed by atoms with E-state index in [1.165, 1.54) is 13.8 Å². The fraction of sp³-hybridized carbons (Fsp3) is 0.535. The van der Waals surface area contributed by atoms with E-state index in [0.29, 0.717) is 18.6 Å². The average Bonchev–Trinajstić information content (AvgIpc) is 3.86. The maximum absolute atomic E-state index is 12.7. The third-order valence-corrected chi connectivity index (χ3v) is 13.9. The molecule has 0 bridgehead atoms. The van der Waals surface area contributed by atoms with Gasteiger partial charge in [-0.2, -0.15) is 4.31 Å². The Morgan fingerprint density at radius 2 is 1.42 bits per heavy atom. The lowest BCUT2D eigenvalue weighted by Gasteiger charge is -2.30. The van der Waals surface area contributed by atoms with Crippen LogP contribution in [0, 0.1) is 5.41 Å². The van der Waals surface area contributed by atoms with Crippen molar-refractivity contribution in [2.24, 2.45) is 5.41 Å². The van der Waals surface area contributed by atoms with Gasteiger partial charge in [-0.3, -0.25) is 32.5 Å². The highest BCUT2D eigenvalue weighted by atomic mass is 32.2. The number of nitrogen functional groups attached to an aromatic ring is 1. The zero-order chi connectivity index (χ0) is 52.5. The number of nitrogens with zero attached hydrogens (tertiary/aromatic N) is 4. The molecule has 0 aromatic carbocycles. The first-order valence-electron chi connectivity index (χ1n) is 22.5. The Bertz CT molecular complexity index is 2360. The SMILES string of the molecule is CC/C=C\C/C=C/C/C=C/C/C=C/C/C=C/C/C=C/CCC(=O)SCCNC(=O)CCNC(=O)C(O)C(C)(C)COP(=O)(O)OP(=O)(O)OCC1OC(n2cnc3c(N)ncnc32)C(O)C1OP(=O)(O)O. The molecular weight excluding hydrogens is 1010 g/mol. The molecule has 3 rings (SSSR count). The molecule has 2 aromatic heterocycles. The Morgan fingerprint density at radius 3 is 2.01 bits per heavy atom. The number of carbonyl (C=O) groups is 3. The van der Waals surface area contributed by atoms with Crippen LogP contribution in [-0.2, 0) is 50.7 Å². The molecule has 0 radical (unpaired) electrons. The van der Waals surface area contributed by atoms with Crippen LogP contribution in [0.2, 0.25) is 0 Å². The largest absolute Gasteiger partial charge is 0.481 e. The summed E-state index contributed by atoms with van der Waals surface area (Å²) in [6.07, 6.45) is 24.9. The van der Waals surface area contributed by atoms with Crippen molar-refractivity contribution >= 4 is 69.1 Å². The van der Waals surface area contributed by atoms with Crippen LogP contribution in [0.5, 0.6) is 0 Å². The second-order valence-corrected chi connectivity index (χ2v) is 21.6. The van der Waals surface area contributed by atoms with Gasteiger partial charge in [-0.1, -0.05) is 105 Å². The summed E-state index contributed by atoms with van der Waals surface area (Å²) < 4.78 is 62.4. The number of allylic oxidation sites excluding steroid dienone is 12.